The van der Waals surface area contributed by atoms with Crippen molar-refractivity contribution in [3.63, 3.8) is 0 Å². The molecule has 0 saturated heterocycles. The van der Waals surface area contributed by atoms with Crippen molar-refractivity contribution in [2.75, 3.05) is 7.05 Å². The van der Waals surface area contributed by atoms with Gasteiger partial charge in [0.1, 0.15) is 4.62 Å². The summed E-state index contributed by atoms with van der Waals surface area (Å²) in [5, 5.41) is 6.66. The Balaban J connectivity index is 3.30. The Hall–Kier alpha value is -0.180. The van der Waals surface area contributed by atoms with Gasteiger partial charge >= 0.3 is 0 Å². The zero-order chi connectivity index (χ0) is 4.99. The third-order valence-corrected chi connectivity index (χ3v) is 0.447. The van der Waals surface area contributed by atoms with Crippen molar-refractivity contribution in [3.8, 4) is 0 Å². The number of halogens is 1. The summed E-state index contributed by atoms with van der Waals surface area (Å²) in [4.78, 5) is 3.54. The third-order valence-electron chi connectivity index (χ3n) is 0.242. The third kappa shape index (κ3) is 3.82. The fraction of sp³-hybridized carbons (Fsp3) is 0.333. The maximum absolute atomic E-state index is 6.66. The van der Waals surface area contributed by atoms with Crippen molar-refractivity contribution in [1.82, 2.24) is 0 Å². The van der Waals surface area contributed by atoms with E-state index in [-0.39, 0.29) is 0 Å². The molecule has 0 aromatic heterocycles. The van der Waals surface area contributed by atoms with Gasteiger partial charge in [0, 0.05) is 7.05 Å². The van der Waals surface area contributed by atoms with Crippen molar-refractivity contribution in [2.24, 2.45) is 4.99 Å². The molecule has 0 heterocycles. The molecule has 0 unspecified atom stereocenters. The lowest BCUT2D eigenvalue weighted by Gasteiger charge is -1.70. The Labute approximate surface area is 44.9 Å². The average molecular weight is 149 g/mol. The Kier molecular flexibility index (Phi) is 2.94. The number of hydrogen-bond donors (Lipinski definition) is 1. The molecule has 0 aromatic rings. The number of hydrogen-bond acceptors (Lipinski definition) is 2. The van der Waals surface area contributed by atoms with Gasteiger partial charge in [-0.05, 0) is 15.9 Å². The van der Waals surface area contributed by atoms with Gasteiger partial charge in [0.15, 0.2) is 0 Å². The predicted molar refractivity (Wildman–Crippen MR) is 31.1 cm³/mol. The Bertz CT molecular complexity index is 76.9. The van der Waals surface area contributed by atoms with Crippen LogP contribution in [0.2, 0.25) is 0 Å². The molecule has 0 rings (SSSR count). The van der Waals surface area contributed by atoms with Gasteiger partial charge in [-0.3, -0.25) is 10.4 Å². The monoisotopic (exact) mass is 148 g/mol. The van der Waals surface area contributed by atoms with Gasteiger partial charge in [0.25, 0.3) is 0 Å². The van der Waals surface area contributed by atoms with E-state index in [0.29, 0.717) is 4.62 Å². The molecule has 6 heavy (non-hydrogen) atoms. The summed E-state index contributed by atoms with van der Waals surface area (Å²) >= 11 is 2.87. The minimum Gasteiger partial charge on any atom is -0.294 e. The minimum atomic E-state index is 0.310. The van der Waals surface area contributed by atoms with E-state index < -0.39 is 0 Å². The largest absolute Gasteiger partial charge is 0.294 e. The highest BCUT2D eigenvalue weighted by Crippen LogP contribution is 1.76. The van der Waals surface area contributed by atoms with Crippen molar-refractivity contribution < 1.29 is 0 Å². The summed E-state index contributed by atoms with van der Waals surface area (Å²) in [6.45, 7) is 0. The SMILES string of the molecule is CN=CC(=N)Br. The van der Waals surface area contributed by atoms with E-state index in [0.717, 1.165) is 0 Å². The van der Waals surface area contributed by atoms with Crippen LogP contribution in [0.15, 0.2) is 4.99 Å². The van der Waals surface area contributed by atoms with Gasteiger partial charge in [-0.15, -0.1) is 0 Å². The van der Waals surface area contributed by atoms with Gasteiger partial charge in [-0.2, -0.15) is 0 Å². The van der Waals surface area contributed by atoms with Crippen molar-refractivity contribution in [1.29, 1.82) is 5.41 Å². The molecule has 0 saturated carbocycles. The van der Waals surface area contributed by atoms with E-state index in [1.807, 2.05) is 0 Å². The molecule has 0 aromatic carbocycles. The van der Waals surface area contributed by atoms with E-state index in [1.54, 1.807) is 7.05 Å². The van der Waals surface area contributed by atoms with Crippen LogP contribution < -0.4 is 0 Å². The number of rotatable bonds is 1. The van der Waals surface area contributed by atoms with E-state index in [4.69, 9.17) is 5.41 Å². The van der Waals surface area contributed by atoms with Gasteiger partial charge < -0.3 is 0 Å². The molecular formula is C3H5BrN2. The number of nitrogens with one attached hydrogen (secondary N) is 1. The van der Waals surface area contributed by atoms with Gasteiger partial charge in [0.2, 0.25) is 0 Å². The average Bonchev–Trinajstić information content (AvgIpc) is 1.35. The van der Waals surface area contributed by atoms with Crippen LogP contribution in [0.3, 0.4) is 0 Å². The quantitative estimate of drug-likeness (QED) is 0.541. The molecule has 1 N–H and O–H groups in total. The normalized spacial score (nSPS) is 9.67. The molecule has 0 bridgehead atoms. The molecule has 34 valence electrons. The fourth-order valence-electron chi connectivity index (χ4n) is 0.113. The van der Waals surface area contributed by atoms with Crippen LogP contribution in [0.1, 0.15) is 0 Å². The molecule has 2 nitrogen and oxygen atoms in total. The van der Waals surface area contributed by atoms with Crippen molar-refractivity contribution >= 4 is 26.8 Å². The highest BCUT2D eigenvalue weighted by molar-refractivity contribution is 9.19. The first-order valence-electron chi connectivity index (χ1n) is 1.43. The lowest BCUT2D eigenvalue weighted by atomic mass is 10.8. The summed E-state index contributed by atoms with van der Waals surface area (Å²) in [6.07, 6.45) is 1.42. The van der Waals surface area contributed by atoms with E-state index in [2.05, 4.69) is 20.9 Å². The first-order chi connectivity index (χ1) is 2.77. The van der Waals surface area contributed by atoms with Gasteiger partial charge in [-0.25, -0.2) is 0 Å². The molecule has 0 radical (unpaired) electrons. The highest BCUT2D eigenvalue weighted by Gasteiger charge is 1.71. The Morgan fingerprint density at radius 1 is 2.00 bits per heavy atom. The van der Waals surface area contributed by atoms with Crippen LogP contribution in [-0.2, 0) is 0 Å². The zero-order valence-electron chi connectivity index (χ0n) is 3.40. The smallest absolute Gasteiger partial charge is 0.115 e. The summed E-state index contributed by atoms with van der Waals surface area (Å²) in [5.74, 6) is 0. The zero-order valence-corrected chi connectivity index (χ0v) is 4.99. The summed E-state index contributed by atoms with van der Waals surface area (Å²) < 4.78 is 0.310. The molecule has 0 aliphatic carbocycles. The fourth-order valence-corrected chi connectivity index (χ4v) is 0.318. The maximum atomic E-state index is 6.66. The van der Waals surface area contributed by atoms with Crippen molar-refractivity contribution in [3.05, 3.63) is 0 Å². The molecule has 0 fully saturated rings. The second-order valence-corrected chi connectivity index (χ2v) is 1.59. The topological polar surface area (TPSA) is 36.2 Å². The lowest BCUT2D eigenvalue weighted by Crippen LogP contribution is -1.79. The first-order valence-corrected chi connectivity index (χ1v) is 2.23. The number of nitrogens with zero attached hydrogens (tertiary/aromatic N) is 1. The maximum Gasteiger partial charge on any atom is 0.115 e. The standard InChI is InChI=1S/C3H5BrN2/c1-6-2-3(4)5/h2,5H,1H3. The lowest BCUT2D eigenvalue weighted by molar-refractivity contribution is 1.47. The second kappa shape index (κ2) is 3.03. The van der Waals surface area contributed by atoms with Crippen LogP contribution >= 0.6 is 15.9 Å². The van der Waals surface area contributed by atoms with Crippen LogP contribution in [0.5, 0.6) is 0 Å². The van der Waals surface area contributed by atoms with E-state index in [9.17, 15) is 0 Å². The van der Waals surface area contributed by atoms with Gasteiger partial charge in [0.05, 0.1) is 6.21 Å². The van der Waals surface area contributed by atoms with E-state index in [1.165, 1.54) is 6.21 Å². The molecule has 0 atom stereocenters. The molecular weight excluding hydrogens is 144 g/mol. The van der Waals surface area contributed by atoms with Crippen LogP contribution in [0.4, 0.5) is 0 Å². The molecule has 0 aliphatic heterocycles. The van der Waals surface area contributed by atoms with Crippen molar-refractivity contribution in [2.45, 2.75) is 0 Å². The minimum absolute atomic E-state index is 0.310. The molecule has 0 aliphatic rings. The van der Waals surface area contributed by atoms with Gasteiger partial charge in [-0.1, -0.05) is 0 Å². The molecule has 3 heteroatoms. The van der Waals surface area contributed by atoms with E-state index >= 15 is 0 Å². The Morgan fingerprint density at radius 2 is 2.50 bits per heavy atom. The summed E-state index contributed by atoms with van der Waals surface area (Å²) in [7, 11) is 1.62. The molecule has 0 amide bonds. The predicted octanol–water partition coefficient (Wildman–Crippen LogP) is 1.06. The summed E-state index contributed by atoms with van der Waals surface area (Å²) in [6, 6.07) is 0. The second-order valence-electron chi connectivity index (χ2n) is 0.735. The highest BCUT2D eigenvalue weighted by atomic mass is 79.9. The number of aliphatic imine (C=N–C) groups is 1. The summed E-state index contributed by atoms with van der Waals surface area (Å²) in [5.41, 5.74) is 0. The van der Waals surface area contributed by atoms with Crippen LogP contribution in [0, 0.1) is 5.41 Å². The van der Waals surface area contributed by atoms with Crippen LogP contribution in [-0.4, -0.2) is 17.9 Å². The first kappa shape index (κ1) is 5.82. The van der Waals surface area contributed by atoms with Crippen LogP contribution in [0.25, 0.3) is 0 Å². The molecule has 0 spiro atoms. The Morgan fingerprint density at radius 3 is 2.50 bits per heavy atom.